The summed E-state index contributed by atoms with van der Waals surface area (Å²) in [6, 6.07) is -1.21. The van der Waals surface area contributed by atoms with Crippen molar-refractivity contribution in [2.75, 3.05) is 6.61 Å². The summed E-state index contributed by atoms with van der Waals surface area (Å²) in [7, 11) is 0. The van der Waals surface area contributed by atoms with Gasteiger partial charge in [-0.3, -0.25) is 4.79 Å². The van der Waals surface area contributed by atoms with Crippen molar-refractivity contribution in [2.24, 2.45) is 0 Å². The maximum absolute atomic E-state index is 12.0. The van der Waals surface area contributed by atoms with E-state index in [1.54, 1.807) is 12.2 Å². The molecular formula is C28H43NO6. The van der Waals surface area contributed by atoms with E-state index in [-0.39, 0.29) is 0 Å². The van der Waals surface area contributed by atoms with Crippen molar-refractivity contribution in [3.63, 3.8) is 0 Å². The van der Waals surface area contributed by atoms with Crippen LogP contribution in [0.2, 0.25) is 0 Å². The maximum atomic E-state index is 12.0. The summed E-state index contributed by atoms with van der Waals surface area (Å²) in [5.74, 6) is -0.565. The van der Waals surface area contributed by atoms with E-state index >= 15 is 0 Å². The summed E-state index contributed by atoms with van der Waals surface area (Å²) >= 11 is 0. The second kappa shape index (κ2) is 20.0. The number of hydrogen-bond donors (Lipinski definition) is 5. The molecule has 0 spiro atoms. The number of carbonyl (C=O) groups is 1. The highest BCUT2D eigenvalue weighted by molar-refractivity contribution is 5.88. The maximum Gasteiger partial charge on any atom is 0.244 e. The normalized spacial score (nSPS) is 25.9. The molecule has 5 atom stereocenters. The van der Waals surface area contributed by atoms with Gasteiger partial charge in [0, 0.05) is 6.08 Å². The molecule has 0 saturated carbocycles. The van der Waals surface area contributed by atoms with Crippen LogP contribution in [0.25, 0.3) is 0 Å². The zero-order valence-corrected chi connectivity index (χ0v) is 20.8. The van der Waals surface area contributed by atoms with E-state index in [0.29, 0.717) is 0 Å². The Kier molecular flexibility index (Phi) is 17.5. The molecular weight excluding hydrogens is 446 g/mol. The van der Waals surface area contributed by atoms with E-state index in [0.717, 1.165) is 6.42 Å². The van der Waals surface area contributed by atoms with Crippen LogP contribution in [-0.2, 0) is 9.53 Å². The predicted molar refractivity (Wildman–Crippen MR) is 139 cm³/mol. The Bertz CT molecular complexity index is 740. The third-order valence-electron chi connectivity index (χ3n) is 5.57. The second-order valence-corrected chi connectivity index (χ2v) is 8.50. The fourth-order valence-electron chi connectivity index (χ4n) is 3.52. The molecule has 5 N–H and O–H groups in total. The lowest BCUT2D eigenvalue weighted by atomic mass is 9.97. The number of nitrogens with one attached hydrogen (secondary N) is 1. The van der Waals surface area contributed by atoms with Gasteiger partial charge in [0.2, 0.25) is 5.91 Å². The summed E-state index contributed by atoms with van der Waals surface area (Å²) in [6.45, 7) is 1.68. The van der Waals surface area contributed by atoms with E-state index < -0.39 is 43.2 Å². The smallest absolute Gasteiger partial charge is 0.244 e. The lowest BCUT2D eigenvalue weighted by Crippen LogP contribution is -2.64. The van der Waals surface area contributed by atoms with Crippen LogP contribution in [0.4, 0.5) is 0 Å². The van der Waals surface area contributed by atoms with Gasteiger partial charge in [0.25, 0.3) is 0 Å². The van der Waals surface area contributed by atoms with Crippen LogP contribution in [0.1, 0.15) is 58.3 Å². The Hall–Kier alpha value is -2.29. The Labute approximate surface area is 209 Å². The molecule has 1 rings (SSSR count). The van der Waals surface area contributed by atoms with Gasteiger partial charge in [0.15, 0.2) is 6.29 Å². The van der Waals surface area contributed by atoms with E-state index in [1.807, 2.05) is 36.5 Å². The SMILES string of the molecule is CCCCCCCCCC=CC=CC=CC=CC=CC=CC(=O)N[C@H]1C(O)O[C@H](CO)[C@@H](O)[C@@H]1O. The van der Waals surface area contributed by atoms with Gasteiger partial charge < -0.3 is 30.5 Å². The number of carbonyl (C=O) groups excluding carboxylic acids is 1. The van der Waals surface area contributed by atoms with E-state index in [4.69, 9.17) is 9.84 Å². The molecule has 35 heavy (non-hydrogen) atoms. The van der Waals surface area contributed by atoms with Crippen LogP contribution in [0.5, 0.6) is 0 Å². The van der Waals surface area contributed by atoms with Gasteiger partial charge in [-0.1, -0.05) is 112 Å². The van der Waals surface area contributed by atoms with Gasteiger partial charge in [-0.2, -0.15) is 0 Å². The lowest BCUT2D eigenvalue weighted by Gasteiger charge is -2.40. The van der Waals surface area contributed by atoms with Crippen LogP contribution in [0.3, 0.4) is 0 Å². The minimum absolute atomic E-state index is 0.559. The Morgan fingerprint density at radius 2 is 1.31 bits per heavy atom. The number of aliphatic hydroxyl groups excluding tert-OH is 4. The van der Waals surface area contributed by atoms with Crippen LogP contribution in [0.15, 0.2) is 72.9 Å². The molecule has 1 amide bonds. The molecule has 0 radical (unpaired) electrons. The van der Waals surface area contributed by atoms with Gasteiger partial charge in [-0.25, -0.2) is 0 Å². The first kappa shape index (κ1) is 30.7. The van der Waals surface area contributed by atoms with Crippen molar-refractivity contribution in [3.8, 4) is 0 Å². The lowest BCUT2D eigenvalue weighted by molar-refractivity contribution is -0.253. The van der Waals surface area contributed by atoms with E-state index in [2.05, 4.69) is 24.4 Å². The first-order valence-corrected chi connectivity index (χ1v) is 12.6. The van der Waals surface area contributed by atoms with Crippen LogP contribution < -0.4 is 5.32 Å². The average Bonchev–Trinajstić information content (AvgIpc) is 2.85. The average molecular weight is 490 g/mol. The molecule has 0 bridgehead atoms. The number of amides is 1. The summed E-state index contributed by atoms with van der Waals surface area (Å²) in [4.78, 5) is 12.0. The molecule has 1 saturated heterocycles. The molecule has 1 fully saturated rings. The Balaban J connectivity index is 2.19. The quantitative estimate of drug-likeness (QED) is 0.129. The third kappa shape index (κ3) is 14.0. The van der Waals surface area contributed by atoms with Crippen LogP contribution >= 0.6 is 0 Å². The molecule has 0 aromatic rings. The van der Waals surface area contributed by atoms with Crippen molar-refractivity contribution in [3.05, 3.63) is 72.9 Å². The van der Waals surface area contributed by atoms with Gasteiger partial charge >= 0.3 is 0 Å². The zero-order valence-electron chi connectivity index (χ0n) is 20.8. The molecule has 0 aromatic heterocycles. The monoisotopic (exact) mass is 489 g/mol. The minimum atomic E-state index is -1.54. The molecule has 0 aliphatic carbocycles. The minimum Gasteiger partial charge on any atom is -0.394 e. The standard InChI is InChI=1S/C28H43NO6/c1-2-3-4-5-6-7-8-9-10-11-12-13-14-15-16-17-18-19-20-21-24(31)29-25-27(33)26(32)23(22-30)35-28(25)34/h10-21,23,25-28,30,32-34H,2-9,22H2,1H3,(H,29,31)/t23-,25-,26-,27-,28?/m1/s1. The van der Waals surface area contributed by atoms with Crippen molar-refractivity contribution < 1.29 is 30.0 Å². The predicted octanol–water partition coefficient (Wildman–Crippen LogP) is 3.38. The zero-order chi connectivity index (χ0) is 25.7. The third-order valence-corrected chi connectivity index (χ3v) is 5.57. The molecule has 0 aromatic carbocycles. The number of rotatable bonds is 16. The van der Waals surface area contributed by atoms with Gasteiger partial charge in [0.1, 0.15) is 24.4 Å². The Morgan fingerprint density at radius 1 is 0.771 bits per heavy atom. The topological polar surface area (TPSA) is 119 Å². The van der Waals surface area contributed by atoms with Crippen LogP contribution in [0, 0.1) is 0 Å². The van der Waals surface area contributed by atoms with Gasteiger partial charge in [0.05, 0.1) is 6.61 Å². The summed E-state index contributed by atoms with van der Waals surface area (Å²) in [5, 5.41) is 41.2. The Morgan fingerprint density at radius 3 is 1.91 bits per heavy atom. The van der Waals surface area contributed by atoms with E-state index in [1.165, 1.54) is 57.1 Å². The van der Waals surface area contributed by atoms with Gasteiger partial charge in [-0.15, -0.1) is 0 Å². The molecule has 1 heterocycles. The van der Waals surface area contributed by atoms with Crippen molar-refractivity contribution >= 4 is 5.91 Å². The number of hydrogen-bond acceptors (Lipinski definition) is 6. The molecule has 1 aliphatic heterocycles. The molecule has 7 heteroatoms. The van der Waals surface area contributed by atoms with Crippen molar-refractivity contribution in [2.45, 2.75) is 88.9 Å². The van der Waals surface area contributed by atoms with Crippen LogP contribution in [-0.4, -0.2) is 63.6 Å². The summed E-state index contributed by atoms with van der Waals surface area (Å²) < 4.78 is 5.00. The van der Waals surface area contributed by atoms with E-state index in [9.17, 15) is 20.1 Å². The molecule has 1 aliphatic rings. The molecule has 1 unspecified atom stereocenters. The second-order valence-electron chi connectivity index (χ2n) is 8.50. The van der Waals surface area contributed by atoms with Crippen molar-refractivity contribution in [1.82, 2.24) is 5.32 Å². The first-order chi connectivity index (χ1) is 17.0. The molecule has 196 valence electrons. The van der Waals surface area contributed by atoms with Crippen molar-refractivity contribution in [1.29, 1.82) is 0 Å². The fraction of sp³-hybridized carbons (Fsp3) is 0.536. The highest BCUT2D eigenvalue weighted by Crippen LogP contribution is 2.19. The van der Waals surface area contributed by atoms with Gasteiger partial charge in [-0.05, 0) is 12.8 Å². The number of unbranched alkanes of at least 4 members (excludes halogenated alkanes) is 7. The first-order valence-electron chi connectivity index (χ1n) is 12.6. The number of allylic oxidation sites excluding steroid dienone is 11. The molecule has 7 nitrogen and oxygen atoms in total. The highest BCUT2D eigenvalue weighted by atomic mass is 16.6. The fourth-order valence-corrected chi connectivity index (χ4v) is 3.52. The largest absolute Gasteiger partial charge is 0.394 e. The summed E-state index contributed by atoms with van der Waals surface area (Å²) in [6.07, 6.45) is 26.8. The number of aliphatic hydroxyl groups is 4. The summed E-state index contributed by atoms with van der Waals surface area (Å²) in [5.41, 5.74) is 0. The number of ether oxygens (including phenoxy) is 1. The highest BCUT2D eigenvalue weighted by Gasteiger charge is 2.44.